The molecule has 0 aromatic carbocycles. The Balaban J connectivity index is 1.93. The van der Waals surface area contributed by atoms with Gasteiger partial charge in [-0.25, -0.2) is 0 Å². The predicted octanol–water partition coefficient (Wildman–Crippen LogP) is 0.588. The van der Waals surface area contributed by atoms with E-state index in [0.717, 1.165) is 19.4 Å². The van der Waals surface area contributed by atoms with E-state index in [9.17, 15) is 0 Å². The van der Waals surface area contributed by atoms with Crippen LogP contribution in [-0.2, 0) is 4.74 Å². The van der Waals surface area contributed by atoms with Gasteiger partial charge >= 0.3 is 0 Å². The Kier molecular flexibility index (Phi) is 2.58. The van der Waals surface area contributed by atoms with Gasteiger partial charge in [-0.1, -0.05) is 0 Å². The molecule has 0 amide bonds. The zero-order valence-corrected chi connectivity index (χ0v) is 8.46. The highest BCUT2D eigenvalue weighted by atomic mass is 16.5. The van der Waals surface area contributed by atoms with Crippen molar-refractivity contribution in [2.24, 2.45) is 5.73 Å². The molecule has 1 aliphatic carbocycles. The third kappa shape index (κ3) is 1.49. The molecular formula is C10H20N2O. The molecule has 0 aromatic heterocycles. The van der Waals surface area contributed by atoms with Gasteiger partial charge in [0.15, 0.2) is 0 Å². The molecule has 76 valence electrons. The normalized spacial score (nSPS) is 40.6. The van der Waals surface area contributed by atoms with E-state index in [2.05, 4.69) is 4.90 Å². The molecule has 1 heterocycles. The standard InChI is InChI=1S/C10H20N2O/c1-13-9-6-10(7-9,8-11)12-4-2-3-5-12/h9H,2-8,11H2,1H3. The second-order valence-corrected chi connectivity index (χ2v) is 4.39. The van der Waals surface area contributed by atoms with Crippen molar-refractivity contribution < 1.29 is 4.74 Å². The van der Waals surface area contributed by atoms with Crippen LogP contribution in [0.3, 0.4) is 0 Å². The summed E-state index contributed by atoms with van der Waals surface area (Å²) in [6.07, 6.45) is 5.43. The maximum atomic E-state index is 5.87. The van der Waals surface area contributed by atoms with E-state index in [-0.39, 0.29) is 0 Å². The third-order valence-electron chi connectivity index (χ3n) is 3.71. The molecule has 2 aliphatic rings. The molecule has 1 aliphatic heterocycles. The minimum atomic E-state index is 0.303. The number of hydrogen-bond donors (Lipinski definition) is 1. The first kappa shape index (κ1) is 9.44. The van der Waals surface area contributed by atoms with Crippen LogP contribution in [0.2, 0.25) is 0 Å². The van der Waals surface area contributed by atoms with Gasteiger partial charge in [0.25, 0.3) is 0 Å². The number of rotatable bonds is 3. The van der Waals surface area contributed by atoms with E-state index in [1.165, 1.54) is 25.9 Å². The first-order valence-electron chi connectivity index (χ1n) is 5.29. The second-order valence-electron chi connectivity index (χ2n) is 4.39. The lowest BCUT2D eigenvalue weighted by atomic mass is 9.73. The molecule has 13 heavy (non-hydrogen) atoms. The van der Waals surface area contributed by atoms with Gasteiger partial charge in [0.2, 0.25) is 0 Å². The van der Waals surface area contributed by atoms with Crippen molar-refractivity contribution in [3.05, 3.63) is 0 Å². The summed E-state index contributed by atoms with van der Waals surface area (Å²) < 4.78 is 5.32. The molecule has 0 aromatic rings. The number of ether oxygens (including phenoxy) is 1. The number of likely N-dealkylation sites (tertiary alicyclic amines) is 1. The van der Waals surface area contributed by atoms with Crippen LogP contribution in [-0.4, -0.2) is 43.3 Å². The number of nitrogens with zero attached hydrogens (tertiary/aromatic N) is 1. The van der Waals surface area contributed by atoms with Crippen molar-refractivity contribution in [2.45, 2.75) is 37.3 Å². The molecule has 2 fully saturated rings. The summed E-state index contributed by atoms with van der Waals surface area (Å²) in [5, 5.41) is 0. The molecule has 1 saturated carbocycles. The van der Waals surface area contributed by atoms with Crippen molar-refractivity contribution in [2.75, 3.05) is 26.7 Å². The smallest absolute Gasteiger partial charge is 0.0607 e. The Morgan fingerprint density at radius 1 is 1.38 bits per heavy atom. The van der Waals surface area contributed by atoms with Crippen LogP contribution in [0.5, 0.6) is 0 Å². The van der Waals surface area contributed by atoms with Gasteiger partial charge in [0.1, 0.15) is 0 Å². The lowest BCUT2D eigenvalue weighted by molar-refractivity contribution is -0.0792. The van der Waals surface area contributed by atoms with E-state index in [1.807, 2.05) is 0 Å². The van der Waals surface area contributed by atoms with Crippen molar-refractivity contribution in [1.82, 2.24) is 4.90 Å². The third-order valence-corrected chi connectivity index (χ3v) is 3.71. The summed E-state index contributed by atoms with van der Waals surface area (Å²) in [4.78, 5) is 2.57. The molecule has 3 nitrogen and oxygen atoms in total. The molecule has 2 N–H and O–H groups in total. The van der Waals surface area contributed by atoms with Crippen molar-refractivity contribution in [3.63, 3.8) is 0 Å². The Labute approximate surface area is 80.2 Å². The van der Waals surface area contributed by atoms with Gasteiger partial charge in [0.05, 0.1) is 6.10 Å². The largest absolute Gasteiger partial charge is 0.381 e. The van der Waals surface area contributed by atoms with Gasteiger partial charge in [-0.2, -0.15) is 0 Å². The highest BCUT2D eigenvalue weighted by Crippen LogP contribution is 2.40. The van der Waals surface area contributed by atoms with E-state index < -0.39 is 0 Å². The van der Waals surface area contributed by atoms with Crippen LogP contribution < -0.4 is 5.73 Å². The average molecular weight is 184 g/mol. The maximum absolute atomic E-state index is 5.87. The lowest BCUT2D eigenvalue weighted by Crippen LogP contribution is -2.63. The summed E-state index contributed by atoms with van der Waals surface area (Å²) in [5.74, 6) is 0. The van der Waals surface area contributed by atoms with Crippen LogP contribution in [0.4, 0.5) is 0 Å². The maximum Gasteiger partial charge on any atom is 0.0607 e. The highest BCUT2D eigenvalue weighted by molar-refractivity contribution is 5.05. The first-order valence-corrected chi connectivity index (χ1v) is 5.29. The molecule has 0 radical (unpaired) electrons. The quantitative estimate of drug-likeness (QED) is 0.697. The lowest BCUT2D eigenvalue weighted by Gasteiger charge is -2.52. The first-order chi connectivity index (χ1) is 6.30. The van der Waals surface area contributed by atoms with Gasteiger partial charge < -0.3 is 10.5 Å². The van der Waals surface area contributed by atoms with Crippen LogP contribution in [0, 0.1) is 0 Å². The van der Waals surface area contributed by atoms with E-state index >= 15 is 0 Å². The number of methoxy groups -OCH3 is 1. The summed E-state index contributed by atoms with van der Waals surface area (Å²) in [6.45, 7) is 3.29. The monoisotopic (exact) mass is 184 g/mol. The molecule has 0 unspecified atom stereocenters. The van der Waals surface area contributed by atoms with Crippen molar-refractivity contribution in [1.29, 1.82) is 0 Å². The summed E-state index contributed by atoms with van der Waals surface area (Å²) in [7, 11) is 1.80. The van der Waals surface area contributed by atoms with Crippen molar-refractivity contribution >= 4 is 0 Å². The SMILES string of the molecule is COC1CC(CN)(N2CCCC2)C1. The number of hydrogen-bond acceptors (Lipinski definition) is 3. The molecule has 2 rings (SSSR count). The summed E-state index contributed by atoms with van der Waals surface area (Å²) in [5.41, 5.74) is 6.17. The van der Waals surface area contributed by atoms with Gasteiger partial charge in [-0.05, 0) is 38.8 Å². The predicted molar refractivity (Wildman–Crippen MR) is 52.6 cm³/mol. The fraction of sp³-hybridized carbons (Fsp3) is 1.00. The fourth-order valence-electron chi connectivity index (χ4n) is 2.70. The molecule has 0 atom stereocenters. The van der Waals surface area contributed by atoms with E-state index in [0.29, 0.717) is 11.6 Å². The van der Waals surface area contributed by atoms with Gasteiger partial charge in [0, 0.05) is 19.2 Å². The van der Waals surface area contributed by atoms with E-state index in [4.69, 9.17) is 10.5 Å². The van der Waals surface area contributed by atoms with Crippen molar-refractivity contribution in [3.8, 4) is 0 Å². The molecule has 3 heteroatoms. The summed E-state index contributed by atoms with van der Waals surface area (Å²) >= 11 is 0. The minimum absolute atomic E-state index is 0.303. The minimum Gasteiger partial charge on any atom is -0.381 e. The summed E-state index contributed by atoms with van der Waals surface area (Å²) in [6, 6.07) is 0. The van der Waals surface area contributed by atoms with Crippen LogP contribution in [0.25, 0.3) is 0 Å². The fourth-order valence-corrected chi connectivity index (χ4v) is 2.70. The zero-order chi connectivity index (χ0) is 9.31. The highest BCUT2D eigenvalue weighted by Gasteiger charge is 2.48. The molecule has 0 spiro atoms. The van der Waals surface area contributed by atoms with E-state index in [1.54, 1.807) is 7.11 Å². The Hall–Kier alpha value is -0.120. The van der Waals surface area contributed by atoms with Gasteiger partial charge in [-0.15, -0.1) is 0 Å². The second kappa shape index (κ2) is 3.56. The molecule has 0 bridgehead atoms. The van der Waals surface area contributed by atoms with Crippen LogP contribution in [0.15, 0.2) is 0 Å². The molecular weight excluding hydrogens is 164 g/mol. The zero-order valence-electron chi connectivity index (χ0n) is 8.46. The Bertz CT molecular complexity index is 172. The Morgan fingerprint density at radius 3 is 2.46 bits per heavy atom. The van der Waals surface area contributed by atoms with Crippen LogP contribution in [0.1, 0.15) is 25.7 Å². The molecule has 1 saturated heterocycles. The Morgan fingerprint density at radius 2 is 2.00 bits per heavy atom. The topological polar surface area (TPSA) is 38.5 Å². The average Bonchev–Trinajstić information content (AvgIpc) is 2.57. The van der Waals surface area contributed by atoms with Crippen LogP contribution >= 0.6 is 0 Å². The van der Waals surface area contributed by atoms with Gasteiger partial charge in [-0.3, -0.25) is 4.90 Å². The number of nitrogens with two attached hydrogens (primary N) is 1.